The third-order valence-corrected chi connectivity index (χ3v) is 4.09. The van der Waals surface area contributed by atoms with Crippen molar-refractivity contribution in [2.75, 3.05) is 19.8 Å². The van der Waals surface area contributed by atoms with Crippen LogP contribution in [0.3, 0.4) is 0 Å². The van der Waals surface area contributed by atoms with Crippen LogP contribution in [0.2, 0.25) is 5.02 Å². The van der Waals surface area contributed by atoms with Crippen LogP contribution in [-0.2, 0) is 4.79 Å². The van der Waals surface area contributed by atoms with Crippen LogP contribution in [0.4, 0.5) is 0 Å². The van der Waals surface area contributed by atoms with Crippen LogP contribution in [0.15, 0.2) is 36.4 Å². The van der Waals surface area contributed by atoms with Crippen LogP contribution in [0.1, 0.15) is 11.1 Å². The first-order valence-electron chi connectivity index (χ1n) is 8.07. The number of hydrogen-bond acceptors (Lipinski definition) is 4. The van der Waals surface area contributed by atoms with E-state index in [2.05, 4.69) is 5.32 Å². The zero-order chi connectivity index (χ0) is 17.8. The monoisotopic (exact) mass is 361 g/mol. The normalized spacial score (nSPS) is 15.6. The fourth-order valence-electron chi connectivity index (χ4n) is 2.71. The van der Waals surface area contributed by atoms with E-state index >= 15 is 0 Å². The zero-order valence-electron chi connectivity index (χ0n) is 14.2. The molecule has 0 saturated carbocycles. The molecule has 1 amide bonds. The number of hydrogen-bond donors (Lipinski definition) is 1. The second-order valence-corrected chi connectivity index (χ2v) is 6.40. The molecule has 1 atom stereocenters. The molecule has 132 valence electrons. The van der Waals surface area contributed by atoms with Gasteiger partial charge in [0.2, 0.25) is 0 Å². The van der Waals surface area contributed by atoms with Crippen molar-refractivity contribution >= 4 is 17.5 Å². The molecule has 0 spiro atoms. The highest BCUT2D eigenvalue weighted by Crippen LogP contribution is 2.30. The number of ether oxygens (including phenoxy) is 3. The number of amides is 1. The van der Waals surface area contributed by atoms with E-state index in [0.29, 0.717) is 29.7 Å². The van der Waals surface area contributed by atoms with Crippen LogP contribution in [0.25, 0.3) is 0 Å². The molecule has 0 fully saturated rings. The Hall–Kier alpha value is -2.40. The minimum absolute atomic E-state index is 0.0620. The number of rotatable bonds is 5. The molecule has 1 heterocycles. The summed E-state index contributed by atoms with van der Waals surface area (Å²) in [6.45, 7) is 4.49. The van der Waals surface area contributed by atoms with Crippen molar-refractivity contribution in [3.63, 3.8) is 0 Å². The summed E-state index contributed by atoms with van der Waals surface area (Å²) in [7, 11) is 0. The van der Waals surface area contributed by atoms with E-state index in [4.69, 9.17) is 25.8 Å². The third kappa shape index (κ3) is 4.37. The molecule has 5 nitrogen and oxygen atoms in total. The molecule has 6 heteroatoms. The lowest BCUT2D eigenvalue weighted by atomic mass is 10.1. The largest absolute Gasteiger partial charge is 0.486 e. The highest BCUT2D eigenvalue weighted by molar-refractivity contribution is 6.30. The third-order valence-electron chi connectivity index (χ3n) is 3.87. The van der Waals surface area contributed by atoms with Crippen molar-refractivity contribution in [1.82, 2.24) is 5.32 Å². The van der Waals surface area contributed by atoms with Crippen LogP contribution < -0.4 is 19.5 Å². The van der Waals surface area contributed by atoms with Crippen molar-refractivity contribution in [3.05, 3.63) is 52.5 Å². The van der Waals surface area contributed by atoms with Gasteiger partial charge in [0.05, 0.1) is 6.54 Å². The number of carbonyl (C=O) groups is 1. The Kier molecular flexibility index (Phi) is 5.34. The van der Waals surface area contributed by atoms with E-state index in [-0.39, 0.29) is 18.6 Å². The number of para-hydroxylation sites is 2. The van der Waals surface area contributed by atoms with Crippen LogP contribution >= 0.6 is 11.6 Å². The first-order chi connectivity index (χ1) is 12.0. The Morgan fingerprint density at radius 1 is 1.24 bits per heavy atom. The fourth-order valence-corrected chi connectivity index (χ4v) is 3.03. The summed E-state index contributed by atoms with van der Waals surface area (Å²) in [6.07, 6.45) is -0.224. The molecule has 0 bridgehead atoms. The highest BCUT2D eigenvalue weighted by atomic mass is 35.5. The first kappa shape index (κ1) is 17.4. The van der Waals surface area contributed by atoms with Gasteiger partial charge in [-0.2, -0.15) is 0 Å². The molecule has 2 aromatic carbocycles. The van der Waals surface area contributed by atoms with Gasteiger partial charge in [-0.1, -0.05) is 23.7 Å². The molecule has 3 rings (SSSR count). The molecule has 0 unspecified atom stereocenters. The summed E-state index contributed by atoms with van der Waals surface area (Å²) in [5.74, 6) is 1.89. The van der Waals surface area contributed by atoms with Crippen molar-refractivity contribution < 1.29 is 19.0 Å². The highest BCUT2D eigenvalue weighted by Gasteiger charge is 2.21. The summed E-state index contributed by atoms with van der Waals surface area (Å²) in [5.41, 5.74) is 1.80. The Morgan fingerprint density at radius 3 is 2.64 bits per heavy atom. The Morgan fingerprint density at radius 2 is 1.92 bits per heavy atom. The lowest BCUT2D eigenvalue weighted by molar-refractivity contribution is -0.123. The van der Waals surface area contributed by atoms with E-state index in [9.17, 15) is 4.79 Å². The van der Waals surface area contributed by atoms with Crippen LogP contribution in [-0.4, -0.2) is 31.8 Å². The van der Waals surface area contributed by atoms with E-state index < -0.39 is 0 Å². The number of nitrogens with one attached hydrogen (secondary N) is 1. The molecule has 1 aliphatic rings. The fraction of sp³-hybridized carbons (Fsp3) is 0.316. The quantitative estimate of drug-likeness (QED) is 0.887. The van der Waals surface area contributed by atoms with Gasteiger partial charge in [0.1, 0.15) is 18.5 Å². The van der Waals surface area contributed by atoms with E-state index in [1.165, 1.54) is 0 Å². The maximum Gasteiger partial charge on any atom is 0.258 e. The number of halogens is 1. The molecule has 25 heavy (non-hydrogen) atoms. The van der Waals surface area contributed by atoms with Crippen molar-refractivity contribution in [3.8, 4) is 17.2 Å². The van der Waals surface area contributed by atoms with Gasteiger partial charge in [-0.3, -0.25) is 4.79 Å². The van der Waals surface area contributed by atoms with E-state index in [1.807, 2.05) is 50.2 Å². The molecule has 0 radical (unpaired) electrons. The summed E-state index contributed by atoms with van der Waals surface area (Å²) in [5, 5.41) is 3.46. The summed E-state index contributed by atoms with van der Waals surface area (Å²) < 4.78 is 17.1. The number of aryl methyl sites for hydroxylation is 2. The van der Waals surface area contributed by atoms with Gasteiger partial charge < -0.3 is 19.5 Å². The molecule has 2 aromatic rings. The second-order valence-electron chi connectivity index (χ2n) is 5.96. The summed E-state index contributed by atoms with van der Waals surface area (Å²) in [6, 6.07) is 11.1. The number of fused-ring (bicyclic) bond motifs is 1. The SMILES string of the molecule is Cc1cc(Cl)cc(C)c1OCC(=O)NC[C@H]1COc2ccccc2O1. The van der Waals surface area contributed by atoms with Crippen LogP contribution in [0.5, 0.6) is 17.2 Å². The molecule has 0 aliphatic carbocycles. The Bertz CT molecular complexity index is 755. The minimum atomic E-state index is -0.224. The minimum Gasteiger partial charge on any atom is -0.486 e. The molecular weight excluding hydrogens is 342 g/mol. The van der Waals surface area contributed by atoms with Gasteiger partial charge >= 0.3 is 0 Å². The van der Waals surface area contributed by atoms with Crippen molar-refractivity contribution in [2.45, 2.75) is 20.0 Å². The Labute approximate surface area is 151 Å². The average molecular weight is 362 g/mol. The van der Waals surface area contributed by atoms with Crippen molar-refractivity contribution in [1.29, 1.82) is 0 Å². The molecule has 1 aliphatic heterocycles. The van der Waals surface area contributed by atoms with Gasteiger partial charge in [-0.05, 0) is 49.2 Å². The smallest absolute Gasteiger partial charge is 0.258 e. The molecular formula is C19H20ClNO4. The molecule has 0 aromatic heterocycles. The topological polar surface area (TPSA) is 56.8 Å². The van der Waals surface area contributed by atoms with Gasteiger partial charge in [0.25, 0.3) is 5.91 Å². The number of benzene rings is 2. The van der Waals surface area contributed by atoms with Gasteiger partial charge in [-0.15, -0.1) is 0 Å². The molecule has 0 saturated heterocycles. The predicted molar refractivity (Wildman–Crippen MR) is 95.8 cm³/mol. The predicted octanol–water partition coefficient (Wildman–Crippen LogP) is 3.29. The lowest BCUT2D eigenvalue weighted by Gasteiger charge is -2.26. The Balaban J connectivity index is 1.48. The van der Waals surface area contributed by atoms with Gasteiger partial charge in [0, 0.05) is 5.02 Å². The lowest BCUT2D eigenvalue weighted by Crippen LogP contribution is -2.42. The zero-order valence-corrected chi connectivity index (χ0v) is 14.9. The number of carbonyl (C=O) groups excluding carboxylic acids is 1. The standard InChI is InChI=1S/C19H20ClNO4/c1-12-7-14(20)8-13(2)19(12)24-11-18(22)21-9-15-10-23-16-5-3-4-6-17(16)25-15/h3-8,15H,9-11H2,1-2H3,(H,21,22)/t15-/m0/s1. The van der Waals surface area contributed by atoms with E-state index in [0.717, 1.165) is 16.9 Å². The average Bonchev–Trinajstić information content (AvgIpc) is 2.59. The molecule has 1 N–H and O–H groups in total. The summed E-state index contributed by atoms with van der Waals surface area (Å²) >= 11 is 6.00. The van der Waals surface area contributed by atoms with E-state index in [1.54, 1.807) is 0 Å². The maximum absolute atomic E-state index is 12.0. The first-order valence-corrected chi connectivity index (χ1v) is 8.45. The van der Waals surface area contributed by atoms with Crippen LogP contribution in [0, 0.1) is 13.8 Å². The van der Waals surface area contributed by atoms with Gasteiger partial charge in [-0.25, -0.2) is 0 Å². The van der Waals surface area contributed by atoms with Crippen molar-refractivity contribution in [2.24, 2.45) is 0 Å². The summed E-state index contributed by atoms with van der Waals surface area (Å²) in [4.78, 5) is 12.0. The maximum atomic E-state index is 12.0. The second kappa shape index (κ2) is 7.66. The van der Waals surface area contributed by atoms with Gasteiger partial charge in [0.15, 0.2) is 18.1 Å².